The summed E-state index contributed by atoms with van der Waals surface area (Å²) < 4.78 is 66.3. The smallest absolute Gasteiger partial charge is 0.353 e. The van der Waals surface area contributed by atoms with Crippen LogP contribution in [0.25, 0.3) is 11.3 Å². The Bertz CT molecular complexity index is 1370. The van der Waals surface area contributed by atoms with Crippen molar-refractivity contribution in [1.82, 2.24) is 15.0 Å². The van der Waals surface area contributed by atoms with Crippen molar-refractivity contribution in [2.45, 2.75) is 24.8 Å². The molecule has 0 unspecified atom stereocenters. The number of anilines is 3. The molecule has 3 saturated heterocycles. The van der Waals surface area contributed by atoms with E-state index in [0.29, 0.717) is 88.3 Å². The van der Waals surface area contributed by atoms with Gasteiger partial charge in [-0.1, -0.05) is 11.6 Å². The highest BCUT2D eigenvalue weighted by atomic mass is 35.5. The molecule has 0 bridgehead atoms. The van der Waals surface area contributed by atoms with Crippen molar-refractivity contribution in [3.05, 3.63) is 59.0 Å². The zero-order valence-electron chi connectivity index (χ0n) is 21.5. The van der Waals surface area contributed by atoms with Crippen LogP contribution in [0.2, 0.25) is 5.02 Å². The fourth-order valence-corrected chi connectivity index (χ4v) is 5.56. The van der Waals surface area contributed by atoms with Crippen LogP contribution in [0.4, 0.5) is 35.1 Å². The maximum Gasteiger partial charge on any atom is 0.419 e. The van der Waals surface area contributed by atoms with Gasteiger partial charge in [0.05, 0.1) is 29.5 Å². The zero-order valence-corrected chi connectivity index (χ0v) is 22.3. The fourth-order valence-electron chi connectivity index (χ4n) is 5.38. The van der Waals surface area contributed by atoms with Crippen LogP contribution in [0.15, 0.2) is 42.6 Å². The maximum atomic E-state index is 13.9. The molecule has 0 amide bonds. The molecule has 40 heavy (non-hydrogen) atoms. The number of benzene rings is 1. The van der Waals surface area contributed by atoms with Crippen LogP contribution in [-0.2, 0) is 15.7 Å². The number of piperidine rings is 1. The highest BCUT2D eigenvalue weighted by Gasteiger charge is 2.41. The topological polar surface area (TPSA) is 66.9 Å². The van der Waals surface area contributed by atoms with E-state index < -0.39 is 23.3 Å². The van der Waals surface area contributed by atoms with Crippen LogP contribution in [0.3, 0.4) is 0 Å². The van der Waals surface area contributed by atoms with E-state index in [0.717, 1.165) is 6.07 Å². The average Bonchev–Trinajstić information content (AvgIpc) is 3.42. The molecule has 13 heteroatoms. The monoisotopic (exact) mass is 578 g/mol. The third-order valence-electron chi connectivity index (χ3n) is 7.53. The van der Waals surface area contributed by atoms with Gasteiger partial charge >= 0.3 is 6.18 Å². The van der Waals surface area contributed by atoms with Crippen molar-refractivity contribution in [1.29, 1.82) is 0 Å². The van der Waals surface area contributed by atoms with E-state index in [1.54, 1.807) is 17.0 Å². The summed E-state index contributed by atoms with van der Waals surface area (Å²) in [5, 5.41) is -0.0147. The molecule has 1 spiro atoms. The molecule has 0 saturated carbocycles. The van der Waals surface area contributed by atoms with Crippen LogP contribution in [-0.4, -0.2) is 73.2 Å². The molecule has 8 nitrogen and oxygen atoms in total. The number of hydrogen-bond donors (Lipinski definition) is 0. The van der Waals surface area contributed by atoms with Gasteiger partial charge in [-0.15, -0.1) is 0 Å². The molecule has 3 aromatic rings. The van der Waals surface area contributed by atoms with Gasteiger partial charge in [0.1, 0.15) is 17.5 Å². The molecule has 0 atom stereocenters. The lowest BCUT2D eigenvalue weighted by Crippen LogP contribution is -2.48. The largest absolute Gasteiger partial charge is 0.419 e. The summed E-state index contributed by atoms with van der Waals surface area (Å²) in [6.07, 6.45) is -1.78. The minimum atomic E-state index is -4.49. The lowest BCUT2D eigenvalue weighted by atomic mass is 10.0. The number of piperazine rings is 1. The molecule has 3 aliphatic rings. The Kier molecular flexibility index (Phi) is 7.18. The Morgan fingerprint density at radius 3 is 2.23 bits per heavy atom. The third-order valence-corrected chi connectivity index (χ3v) is 7.82. The number of nitrogens with zero attached hydrogens (tertiary/aromatic N) is 6. The van der Waals surface area contributed by atoms with Gasteiger partial charge in [-0.05, 0) is 30.3 Å². The summed E-state index contributed by atoms with van der Waals surface area (Å²) in [6.45, 7) is 3.93. The highest BCUT2D eigenvalue weighted by molar-refractivity contribution is 6.31. The van der Waals surface area contributed by atoms with Gasteiger partial charge in [-0.2, -0.15) is 18.2 Å². The van der Waals surface area contributed by atoms with E-state index in [9.17, 15) is 17.6 Å². The quantitative estimate of drug-likeness (QED) is 0.400. The summed E-state index contributed by atoms with van der Waals surface area (Å²) in [4.78, 5) is 19.4. The predicted octanol–water partition coefficient (Wildman–Crippen LogP) is 5.02. The standard InChI is InChI=1S/C27H27ClF4N6O2/c28-20-16-18(3-4-21(20)29)22-17-23(35-25(34-22)38-8-5-26(6-9-38)39-14-15-40-26)36-10-12-37(13-11-36)24-19(27(30,31)32)2-1-7-33-24/h1-4,7,16-17H,5-6,8-15H2. The number of hydrogen-bond acceptors (Lipinski definition) is 8. The molecule has 5 heterocycles. The average molecular weight is 579 g/mol. The summed E-state index contributed by atoms with van der Waals surface area (Å²) in [5.41, 5.74) is 0.456. The van der Waals surface area contributed by atoms with Crippen LogP contribution in [0.1, 0.15) is 18.4 Å². The number of alkyl halides is 3. The normalized spacial score (nSPS) is 19.5. The maximum absolute atomic E-state index is 13.9. The van der Waals surface area contributed by atoms with E-state index in [1.807, 2.05) is 4.90 Å². The van der Waals surface area contributed by atoms with Crippen LogP contribution in [0, 0.1) is 5.82 Å². The Balaban J connectivity index is 1.27. The molecule has 0 N–H and O–H groups in total. The van der Waals surface area contributed by atoms with Crippen LogP contribution >= 0.6 is 11.6 Å². The first-order chi connectivity index (χ1) is 19.2. The second kappa shape index (κ2) is 10.6. The van der Waals surface area contributed by atoms with Crippen molar-refractivity contribution in [2.75, 3.05) is 67.2 Å². The van der Waals surface area contributed by atoms with E-state index in [1.165, 1.54) is 24.4 Å². The van der Waals surface area contributed by atoms with E-state index in [-0.39, 0.29) is 10.8 Å². The second-order valence-electron chi connectivity index (χ2n) is 9.98. The van der Waals surface area contributed by atoms with Gasteiger partial charge in [0.25, 0.3) is 0 Å². The fraction of sp³-hybridized carbons (Fsp3) is 0.444. The predicted molar refractivity (Wildman–Crippen MR) is 142 cm³/mol. The summed E-state index contributed by atoms with van der Waals surface area (Å²) in [5.74, 6) is -0.0172. The van der Waals surface area contributed by atoms with Gasteiger partial charge in [0.15, 0.2) is 5.79 Å². The van der Waals surface area contributed by atoms with Gasteiger partial charge in [-0.25, -0.2) is 14.4 Å². The lowest BCUT2D eigenvalue weighted by Gasteiger charge is -2.39. The SMILES string of the molecule is Fc1ccc(-c2cc(N3CCN(c4ncccc4C(F)(F)F)CC3)nc(N3CCC4(CC3)OCCO4)n2)cc1Cl. The first-order valence-corrected chi connectivity index (χ1v) is 13.5. The molecule has 0 aliphatic carbocycles. The number of halogens is 5. The first kappa shape index (κ1) is 27.0. The Hall–Kier alpha value is -3.22. The lowest BCUT2D eigenvalue weighted by molar-refractivity contribution is -0.169. The van der Waals surface area contributed by atoms with Gasteiger partial charge in [-0.3, -0.25) is 0 Å². The van der Waals surface area contributed by atoms with Crippen molar-refractivity contribution in [3.63, 3.8) is 0 Å². The number of rotatable bonds is 4. The minimum absolute atomic E-state index is 0.0147. The molecular weight excluding hydrogens is 552 g/mol. The van der Waals surface area contributed by atoms with Crippen LogP contribution in [0.5, 0.6) is 0 Å². The van der Waals surface area contributed by atoms with Gasteiger partial charge in [0.2, 0.25) is 5.95 Å². The third kappa shape index (κ3) is 5.39. The molecule has 1 aromatic carbocycles. The number of ether oxygens (including phenoxy) is 2. The molecule has 0 radical (unpaired) electrons. The molecule has 212 valence electrons. The Morgan fingerprint density at radius 2 is 1.55 bits per heavy atom. The summed E-state index contributed by atoms with van der Waals surface area (Å²) in [7, 11) is 0. The van der Waals surface area contributed by atoms with Crippen molar-refractivity contribution < 1.29 is 27.0 Å². The second-order valence-corrected chi connectivity index (χ2v) is 10.4. The molecule has 3 aliphatic heterocycles. The molecule has 6 rings (SSSR count). The highest BCUT2D eigenvalue weighted by Crippen LogP contribution is 2.37. The number of pyridine rings is 1. The van der Waals surface area contributed by atoms with E-state index in [2.05, 4.69) is 9.88 Å². The van der Waals surface area contributed by atoms with E-state index in [4.69, 9.17) is 31.0 Å². The molecular formula is C27H27ClF4N6O2. The van der Waals surface area contributed by atoms with E-state index >= 15 is 0 Å². The van der Waals surface area contributed by atoms with Crippen molar-refractivity contribution in [3.8, 4) is 11.3 Å². The summed E-state index contributed by atoms with van der Waals surface area (Å²) in [6, 6.07) is 8.58. The Morgan fingerprint density at radius 1 is 0.850 bits per heavy atom. The van der Waals surface area contributed by atoms with Crippen molar-refractivity contribution in [2.24, 2.45) is 0 Å². The van der Waals surface area contributed by atoms with Gasteiger partial charge in [0, 0.05) is 69.9 Å². The first-order valence-electron chi connectivity index (χ1n) is 13.1. The summed E-state index contributed by atoms with van der Waals surface area (Å²) >= 11 is 6.07. The molecule has 2 aromatic heterocycles. The number of aromatic nitrogens is 3. The van der Waals surface area contributed by atoms with Gasteiger partial charge < -0.3 is 24.2 Å². The molecule has 3 fully saturated rings. The van der Waals surface area contributed by atoms with Crippen LogP contribution < -0.4 is 14.7 Å². The minimum Gasteiger partial charge on any atom is -0.353 e. The van der Waals surface area contributed by atoms with Crippen molar-refractivity contribution >= 4 is 29.2 Å². The Labute approximate surface area is 233 Å². The zero-order chi connectivity index (χ0) is 27.9.